The zero-order valence-corrected chi connectivity index (χ0v) is 12.2. The predicted octanol–water partition coefficient (Wildman–Crippen LogP) is 4.58. The van der Waals surface area contributed by atoms with E-state index < -0.39 is 0 Å². The van der Waals surface area contributed by atoms with E-state index in [1.165, 1.54) is 6.07 Å². The van der Waals surface area contributed by atoms with Crippen molar-refractivity contribution in [3.8, 4) is 6.07 Å². The summed E-state index contributed by atoms with van der Waals surface area (Å²) in [6.45, 7) is 2.04. The van der Waals surface area contributed by atoms with Crippen molar-refractivity contribution in [3.63, 3.8) is 0 Å². The van der Waals surface area contributed by atoms with Crippen molar-refractivity contribution in [2.24, 2.45) is 0 Å². The Labute approximate surface area is 122 Å². The van der Waals surface area contributed by atoms with Crippen LogP contribution < -0.4 is 4.90 Å². The fraction of sp³-hybridized carbons (Fsp3) is 0.188. The standard InChI is InChI=1S/C16H15FN2S/c1-3-20-16-10-6-9-14(12(16)11-18)19(2)15-8-5-4-7-13(15)17/h4-10H,3H2,1-2H3. The van der Waals surface area contributed by atoms with Gasteiger partial charge in [-0.05, 0) is 30.0 Å². The maximum Gasteiger partial charge on any atom is 0.146 e. The minimum atomic E-state index is -0.299. The molecule has 0 N–H and O–H groups in total. The largest absolute Gasteiger partial charge is 0.341 e. The van der Waals surface area contributed by atoms with Gasteiger partial charge in [-0.2, -0.15) is 5.26 Å². The average molecular weight is 286 g/mol. The molecule has 0 amide bonds. The van der Waals surface area contributed by atoms with Crippen molar-refractivity contribution >= 4 is 23.1 Å². The first-order valence-electron chi connectivity index (χ1n) is 6.33. The van der Waals surface area contributed by atoms with Gasteiger partial charge in [0.2, 0.25) is 0 Å². The summed E-state index contributed by atoms with van der Waals surface area (Å²) >= 11 is 1.61. The summed E-state index contributed by atoms with van der Waals surface area (Å²) in [7, 11) is 1.77. The summed E-state index contributed by atoms with van der Waals surface area (Å²) in [5.41, 5.74) is 1.77. The molecule has 0 fully saturated rings. The first-order chi connectivity index (χ1) is 9.69. The van der Waals surface area contributed by atoms with Gasteiger partial charge in [0.1, 0.15) is 11.9 Å². The number of nitriles is 1. The molecule has 0 saturated heterocycles. The van der Waals surface area contributed by atoms with Crippen molar-refractivity contribution < 1.29 is 4.39 Å². The van der Waals surface area contributed by atoms with Gasteiger partial charge in [-0.3, -0.25) is 0 Å². The van der Waals surface area contributed by atoms with Crippen molar-refractivity contribution in [1.82, 2.24) is 0 Å². The third-order valence-corrected chi connectivity index (χ3v) is 3.93. The highest BCUT2D eigenvalue weighted by molar-refractivity contribution is 7.99. The van der Waals surface area contributed by atoms with E-state index in [0.29, 0.717) is 11.3 Å². The molecule has 0 heterocycles. The summed E-state index contributed by atoms with van der Waals surface area (Å²) in [4.78, 5) is 2.64. The van der Waals surface area contributed by atoms with Crippen LogP contribution in [0.1, 0.15) is 12.5 Å². The van der Waals surface area contributed by atoms with Gasteiger partial charge < -0.3 is 4.90 Å². The quantitative estimate of drug-likeness (QED) is 0.770. The highest BCUT2D eigenvalue weighted by Gasteiger charge is 2.15. The van der Waals surface area contributed by atoms with E-state index >= 15 is 0 Å². The van der Waals surface area contributed by atoms with Crippen LogP contribution in [0.3, 0.4) is 0 Å². The Morgan fingerprint density at radius 3 is 2.50 bits per heavy atom. The lowest BCUT2D eigenvalue weighted by Gasteiger charge is -2.22. The van der Waals surface area contributed by atoms with Gasteiger partial charge in [-0.25, -0.2) is 4.39 Å². The lowest BCUT2D eigenvalue weighted by molar-refractivity contribution is 0.627. The van der Waals surface area contributed by atoms with E-state index in [1.54, 1.807) is 41.9 Å². The van der Waals surface area contributed by atoms with E-state index in [2.05, 4.69) is 6.07 Å². The summed E-state index contributed by atoms with van der Waals surface area (Å²) in [5, 5.41) is 9.41. The molecule has 0 aliphatic heterocycles. The average Bonchev–Trinajstić information content (AvgIpc) is 2.47. The fourth-order valence-corrected chi connectivity index (χ4v) is 2.82. The lowest BCUT2D eigenvalue weighted by atomic mass is 10.1. The molecule has 102 valence electrons. The second-order valence-corrected chi connectivity index (χ2v) is 5.51. The molecular formula is C16H15FN2S. The molecule has 0 spiro atoms. The number of rotatable bonds is 4. The Hall–Kier alpha value is -1.99. The SMILES string of the molecule is CCSc1cccc(N(C)c2ccccc2F)c1C#N. The molecule has 0 radical (unpaired) electrons. The Balaban J connectivity index is 2.50. The van der Waals surface area contributed by atoms with Crippen molar-refractivity contribution in [2.45, 2.75) is 11.8 Å². The van der Waals surface area contributed by atoms with Gasteiger partial charge in [0.05, 0.1) is 16.9 Å². The van der Waals surface area contributed by atoms with E-state index in [9.17, 15) is 9.65 Å². The molecule has 20 heavy (non-hydrogen) atoms. The van der Waals surface area contributed by atoms with Crippen LogP contribution in [0.15, 0.2) is 47.4 Å². The van der Waals surface area contributed by atoms with Gasteiger partial charge in [0.25, 0.3) is 0 Å². The van der Waals surface area contributed by atoms with Crippen LogP contribution in [0.2, 0.25) is 0 Å². The Bertz CT molecular complexity index is 649. The molecule has 0 saturated carbocycles. The van der Waals surface area contributed by atoms with Gasteiger partial charge in [0, 0.05) is 11.9 Å². The maximum atomic E-state index is 13.9. The first-order valence-corrected chi connectivity index (χ1v) is 7.31. The third-order valence-electron chi connectivity index (χ3n) is 2.99. The Morgan fingerprint density at radius 1 is 1.15 bits per heavy atom. The highest BCUT2D eigenvalue weighted by Crippen LogP contribution is 2.33. The highest BCUT2D eigenvalue weighted by atomic mass is 32.2. The summed E-state index contributed by atoms with van der Waals surface area (Å²) in [6, 6.07) is 14.4. The predicted molar refractivity (Wildman–Crippen MR) is 82.0 cm³/mol. The van der Waals surface area contributed by atoms with Crippen LogP contribution in [0.5, 0.6) is 0 Å². The van der Waals surface area contributed by atoms with Crippen LogP contribution in [-0.4, -0.2) is 12.8 Å². The Morgan fingerprint density at radius 2 is 1.85 bits per heavy atom. The molecule has 2 nitrogen and oxygen atoms in total. The summed E-state index contributed by atoms with van der Waals surface area (Å²) in [6.07, 6.45) is 0. The number of anilines is 2. The van der Waals surface area contributed by atoms with Gasteiger partial charge in [-0.1, -0.05) is 25.1 Å². The molecule has 4 heteroatoms. The topological polar surface area (TPSA) is 27.0 Å². The monoisotopic (exact) mass is 286 g/mol. The van der Waals surface area contributed by atoms with Crippen molar-refractivity contribution in [1.29, 1.82) is 5.26 Å². The van der Waals surface area contributed by atoms with Gasteiger partial charge >= 0.3 is 0 Å². The molecule has 2 rings (SSSR count). The smallest absolute Gasteiger partial charge is 0.146 e. The zero-order chi connectivity index (χ0) is 14.5. The number of halogens is 1. The lowest BCUT2D eigenvalue weighted by Crippen LogP contribution is -2.13. The molecule has 2 aromatic rings. The number of thioether (sulfide) groups is 1. The molecular weight excluding hydrogens is 271 g/mol. The molecule has 0 bridgehead atoms. The molecule has 0 unspecified atom stereocenters. The molecule has 0 aliphatic carbocycles. The number of hydrogen-bond donors (Lipinski definition) is 0. The molecule has 2 aromatic carbocycles. The second kappa shape index (κ2) is 6.44. The fourth-order valence-electron chi connectivity index (χ4n) is 2.04. The molecule has 0 aliphatic rings. The van der Waals surface area contributed by atoms with E-state index in [1.807, 2.05) is 25.1 Å². The number of nitrogens with zero attached hydrogens (tertiary/aromatic N) is 2. The van der Waals surface area contributed by atoms with Crippen LogP contribution >= 0.6 is 11.8 Å². The Kier molecular flexibility index (Phi) is 4.65. The van der Waals surface area contributed by atoms with Crippen LogP contribution in [0.4, 0.5) is 15.8 Å². The van der Waals surface area contributed by atoms with E-state index in [4.69, 9.17) is 0 Å². The zero-order valence-electron chi connectivity index (χ0n) is 11.4. The van der Waals surface area contributed by atoms with Crippen LogP contribution in [0.25, 0.3) is 0 Å². The van der Waals surface area contributed by atoms with Gasteiger partial charge in [0.15, 0.2) is 0 Å². The number of hydrogen-bond acceptors (Lipinski definition) is 3. The normalized spacial score (nSPS) is 10.1. The van der Waals surface area contributed by atoms with Crippen molar-refractivity contribution in [2.75, 3.05) is 17.7 Å². The second-order valence-electron chi connectivity index (χ2n) is 4.21. The minimum Gasteiger partial charge on any atom is -0.341 e. The van der Waals surface area contributed by atoms with Crippen molar-refractivity contribution in [3.05, 3.63) is 53.8 Å². The molecule has 0 aromatic heterocycles. The van der Waals surface area contributed by atoms with E-state index in [0.717, 1.165) is 16.3 Å². The molecule has 0 atom stereocenters. The van der Waals surface area contributed by atoms with E-state index in [-0.39, 0.29) is 5.82 Å². The number of para-hydroxylation sites is 1. The first kappa shape index (κ1) is 14.4. The van der Waals surface area contributed by atoms with Crippen LogP contribution in [-0.2, 0) is 0 Å². The van der Waals surface area contributed by atoms with Crippen LogP contribution in [0, 0.1) is 17.1 Å². The summed E-state index contributed by atoms with van der Waals surface area (Å²) in [5.74, 6) is 0.592. The van der Waals surface area contributed by atoms with Gasteiger partial charge in [-0.15, -0.1) is 11.8 Å². The summed E-state index contributed by atoms with van der Waals surface area (Å²) < 4.78 is 13.9. The minimum absolute atomic E-state index is 0.299. The maximum absolute atomic E-state index is 13.9. The number of benzene rings is 2. The third kappa shape index (κ3) is 2.78.